The lowest BCUT2D eigenvalue weighted by Crippen LogP contribution is -2.50. The minimum Gasteiger partial charge on any atom is -0.371 e. The first kappa shape index (κ1) is 20.7. The maximum Gasteiger partial charge on any atom is 0.242 e. The molecule has 160 valence electrons. The molecule has 1 aromatic rings. The van der Waals surface area contributed by atoms with Crippen LogP contribution in [0.15, 0.2) is 24.3 Å². The third-order valence-corrected chi connectivity index (χ3v) is 8.60. The van der Waals surface area contributed by atoms with Gasteiger partial charge in [0.15, 0.2) is 0 Å². The number of rotatable bonds is 9. The van der Waals surface area contributed by atoms with Gasteiger partial charge >= 0.3 is 0 Å². The summed E-state index contributed by atoms with van der Waals surface area (Å²) in [4.78, 5) is 15.3. The zero-order chi connectivity index (χ0) is 20.5. The van der Waals surface area contributed by atoms with Crippen LogP contribution < -0.4 is 14.9 Å². The number of nitrogens with zero attached hydrogens (tertiary/aromatic N) is 1. The fraction of sp³-hybridized carbons (Fsp3) is 0.682. The largest absolute Gasteiger partial charge is 0.371 e. The van der Waals surface area contributed by atoms with E-state index < -0.39 is 16.1 Å². The van der Waals surface area contributed by atoms with E-state index >= 15 is 0 Å². The molecule has 6 nitrogen and oxygen atoms in total. The topological polar surface area (TPSA) is 78.5 Å². The molecular weight excluding hydrogens is 386 g/mol. The average Bonchev–Trinajstić information content (AvgIpc) is 3.30. The summed E-state index contributed by atoms with van der Waals surface area (Å²) in [5.74, 6) is -0.263. The van der Waals surface area contributed by atoms with Crippen molar-refractivity contribution >= 4 is 27.3 Å². The van der Waals surface area contributed by atoms with Crippen LogP contribution in [0.1, 0.15) is 64.7 Å². The van der Waals surface area contributed by atoms with E-state index in [0.717, 1.165) is 63.0 Å². The monoisotopic (exact) mass is 419 g/mol. The molecule has 1 aliphatic heterocycles. The molecule has 2 N–H and O–H groups in total. The molecule has 2 aliphatic carbocycles. The Labute approximate surface area is 174 Å². The van der Waals surface area contributed by atoms with Crippen LogP contribution in [0, 0.1) is 5.41 Å². The molecule has 1 saturated heterocycles. The zero-order valence-corrected chi connectivity index (χ0v) is 18.1. The molecule has 1 aromatic carbocycles. The fourth-order valence-corrected chi connectivity index (χ4v) is 6.60. The smallest absolute Gasteiger partial charge is 0.242 e. The SMILES string of the molecule is CCCCC(NS(=O)(=O)C1CC2(CC2)C1)C(=O)Nc1cccc(N2CCCC2)c1. The van der Waals surface area contributed by atoms with E-state index in [1.54, 1.807) is 0 Å². The molecule has 29 heavy (non-hydrogen) atoms. The molecule has 4 rings (SSSR count). The molecule has 1 unspecified atom stereocenters. The summed E-state index contributed by atoms with van der Waals surface area (Å²) in [6.07, 6.45) is 8.46. The Morgan fingerprint density at radius 1 is 1.24 bits per heavy atom. The van der Waals surface area contributed by atoms with Crippen LogP contribution in [-0.2, 0) is 14.8 Å². The van der Waals surface area contributed by atoms with Crippen LogP contribution in [-0.4, -0.2) is 38.7 Å². The predicted octanol–water partition coefficient (Wildman–Crippen LogP) is 3.65. The van der Waals surface area contributed by atoms with E-state index in [-0.39, 0.29) is 11.2 Å². The number of benzene rings is 1. The Morgan fingerprint density at radius 2 is 1.97 bits per heavy atom. The van der Waals surface area contributed by atoms with Crippen molar-refractivity contribution in [1.82, 2.24) is 4.72 Å². The molecule has 1 atom stereocenters. The highest BCUT2D eigenvalue weighted by Crippen LogP contribution is 2.62. The maximum atomic E-state index is 12.9. The predicted molar refractivity (Wildman–Crippen MR) is 117 cm³/mol. The molecule has 7 heteroatoms. The van der Waals surface area contributed by atoms with Gasteiger partial charge < -0.3 is 10.2 Å². The van der Waals surface area contributed by atoms with E-state index in [1.165, 1.54) is 12.8 Å². The minimum absolute atomic E-state index is 0.263. The van der Waals surface area contributed by atoms with Crippen LogP contribution >= 0.6 is 0 Å². The third kappa shape index (κ3) is 4.77. The Morgan fingerprint density at radius 3 is 2.62 bits per heavy atom. The Balaban J connectivity index is 1.41. The van der Waals surface area contributed by atoms with Gasteiger partial charge in [0.2, 0.25) is 15.9 Å². The van der Waals surface area contributed by atoms with Crippen LogP contribution in [0.3, 0.4) is 0 Å². The highest BCUT2D eigenvalue weighted by atomic mass is 32.2. The van der Waals surface area contributed by atoms with E-state index in [9.17, 15) is 13.2 Å². The number of carbonyl (C=O) groups excluding carboxylic acids is 1. The quantitative estimate of drug-likeness (QED) is 0.640. The average molecular weight is 420 g/mol. The van der Waals surface area contributed by atoms with Crippen molar-refractivity contribution in [2.24, 2.45) is 5.41 Å². The number of nitrogens with one attached hydrogen (secondary N) is 2. The Bertz CT molecular complexity index is 837. The lowest BCUT2D eigenvalue weighted by atomic mass is 9.81. The van der Waals surface area contributed by atoms with E-state index in [0.29, 0.717) is 11.8 Å². The molecular formula is C22H33N3O3S. The summed E-state index contributed by atoms with van der Waals surface area (Å²) in [6.45, 7) is 4.13. The van der Waals surface area contributed by atoms with Crippen LogP contribution in [0.25, 0.3) is 0 Å². The summed E-state index contributed by atoms with van der Waals surface area (Å²) >= 11 is 0. The molecule has 1 amide bonds. The summed E-state index contributed by atoms with van der Waals surface area (Å²) in [6, 6.07) is 7.13. The van der Waals surface area contributed by atoms with Gasteiger partial charge in [-0.25, -0.2) is 13.1 Å². The van der Waals surface area contributed by atoms with Gasteiger partial charge in [0, 0.05) is 24.5 Å². The summed E-state index contributed by atoms with van der Waals surface area (Å²) in [5, 5.41) is 2.62. The first-order chi connectivity index (χ1) is 13.9. The maximum absolute atomic E-state index is 12.9. The van der Waals surface area contributed by atoms with E-state index in [4.69, 9.17) is 0 Å². The molecule has 3 aliphatic rings. The zero-order valence-electron chi connectivity index (χ0n) is 17.3. The normalized spacial score (nSPS) is 21.8. The number of hydrogen-bond donors (Lipinski definition) is 2. The lowest BCUT2D eigenvalue weighted by molar-refractivity contribution is -0.117. The first-order valence-electron chi connectivity index (χ1n) is 11.1. The number of hydrogen-bond acceptors (Lipinski definition) is 4. The van der Waals surface area contributed by atoms with Crippen molar-refractivity contribution in [2.45, 2.75) is 76.0 Å². The van der Waals surface area contributed by atoms with Crippen molar-refractivity contribution in [3.8, 4) is 0 Å². The van der Waals surface area contributed by atoms with Gasteiger partial charge in [0.1, 0.15) is 6.04 Å². The van der Waals surface area contributed by atoms with Crippen molar-refractivity contribution in [2.75, 3.05) is 23.3 Å². The highest BCUT2D eigenvalue weighted by molar-refractivity contribution is 7.90. The molecule has 2 saturated carbocycles. The van der Waals surface area contributed by atoms with Gasteiger partial charge in [-0.15, -0.1) is 0 Å². The number of unbranched alkanes of at least 4 members (excludes halogenated alkanes) is 1. The van der Waals surface area contributed by atoms with Gasteiger partial charge in [-0.2, -0.15) is 0 Å². The second-order valence-corrected chi connectivity index (χ2v) is 11.1. The van der Waals surface area contributed by atoms with Crippen LogP contribution in [0.2, 0.25) is 0 Å². The minimum atomic E-state index is -3.46. The van der Waals surface area contributed by atoms with Crippen LogP contribution in [0.4, 0.5) is 11.4 Å². The fourth-order valence-electron chi connectivity index (χ4n) is 4.64. The molecule has 1 heterocycles. The summed E-state index contributed by atoms with van der Waals surface area (Å²) in [7, 11) is -3.46. The van der Waals surface area contributed by atoms with Crippen molar-refractivity contribution < 1.29 is 13.2 Å². The number of anilines is 2. The van der Waals surface area contributed by atoms with E-state index in [1.807, 2.05) is 25.1 Å². The van der Waals surface area contributed by atoms with Gasteiger partial charge in [-0.05, 0) is 68.6 Å². The second-order valence-electron chi connectivity index (χ2n) is 9.12. The number of amides is 1. The second kappa shape index (κ2) is 8.26. The molecule has 1 spiro atoms. The van der Waals surface area contributed by atoms with Gasteiger partial charge in [-0.1, -0.05) is 25.8 Å². The summed E-state index contributed by atoms with van der Waals surface area (Å²) in [5.41, 5.74) is 2.15. The van der Waals surface area contributed by atoms with Crippen molar-refractivity contribution in [3.05, 3.63) is 24.3 Å². The first-order valence-corrected chi connectivity index (χ1v) is 12.6. The Hall–Kier alpha value is -1.60. The van der Waals surface area contributed by atoms with Crippen molar-refractivity contribution in [3.63, 3.8) is 0 Å². The summed E-state index contributed by atoms with van der Waals surface area (Å²) < 4.78 is 28.3. The molecule has 0 radical (unpaired) electrons. The number of sulfonamides is 1. The van der Waals surface area contributed by atoms with Crippen molar-refractivity contribution in [1.29, 1.82) is 0 Å². The van der Waals surface area contributed by atoms with Gasteiger partial charge in [0.05, 0.1) is 5.25 Å². The van der Waals surface area contributed by atoms with Crippen LogP contribution in [0.5, 0.6) is 0 Å². The molecule has 3 fully saturated rings. The number of carbonyl (C=O) groups is 1. The third-order valence-electron chi connectivity index (χ3n) is 6.77. The van der Waals surface area contributed by atoms with Gasteiger partial charge in [-0.3, -0.25) is 4.79 Å². The molecule has 0 aromatic heterocycles. The molecule has 0 bridgehead atoms. The van der Waals surface area contributed by atoms with E-state index in [2.05, 4.69) is 21.0 Å². The standard InChI is InChI=1S/C22H33N3O3S/c1-2-3-9-20(24-29(27,28)19-15-22(16-19)10-11-22)21(26)23-17-7-6-8-18(14-17)25-12-4-5-13-25/h6-8,14,19-20,24H,2-5,9-13,15-16H2,1H3,(H,23,26). The lowest BCUT2D eigenvalue weighted by Gasteiger charge is -2.36. The highest BCUT2D eigenvalue weighted by Gasteiger charge is 2.57. The van der Waals surface area contributed by atoms with Gasteiger partial charge in [0.25, 0.3) is 0 Å². The Kier molecular flexibility index (Phi) is 5.89.